The van der Waals surface area contributed by atoms with Crippen molar-refractivity contribution in [2.24, 2.45) is 0 Å². The lowest BCUT2D eigenvalue weighted by Gasteiger charge is -2.15. The van der Waals surface area contributed by atoms with Crippen molar-refractivity contribution in [1.29, 1.82) is 0 Å². The van der Waals surface area contributed by atoms with Crippen molar-refractivity contribution in [3.63, 3.8) is 0 Å². The summed E-state index contributed by atoms with van der Waals surface area (Å²) in [5.41, 5.74) is 1.28. The maximum absolute atomic E-state index is 10.4. The number of methoxy groups -OCH3 is 3. The van der Waals surface area contributed by atoms with E-state index in [1.165, 1.54) is 27.4 Å². The molecular weight excluding hydrogens is 238 g/mol. The molecule has 1 rings (SSSR count). The monoisotopic (exact) mass is 253 g/mol. The van der Waals surface area contributed by atoms with Gasteiger partial charge in [0.2, 0.25) is 6.20 Å². The Labute approximate surface area is 105 Å². The molecule has 6 nitrogen and oxygen atoms in total. The molecule has 0 aromatic heterocycles. The first-order chi connectivity index (χ1) is 8.54. The van der Waals surface area contributed by atoms with Gasteiger partial charge in [0.1, 0.15) is 5.75 Å². The van der Waals surface area contributed by atoms with E-state index in [9.17, 15) is 10.1 Å². The summed E-state index contributed by atoms with van der Waals surface area (Å²) in [4.78, 5) is 9.82. The van der Waals surface area contributed by atoms with Gasteiger partial charge in [-0.15, -0.1) is 0 Å². The second-order valence-corrected chi connectivity index (χ2v) is 3.46. The van der Waals surface area contributed by atoms with E-state index in [0.29, 0.717) is 22.8 Å². The van der Waals surface area contributed by atoms with Crippen LogP contribution < -0.4 is 14.2 Å². The van der Waals surface area contributed by atoms with Crippen LogP contribution in [0.2, 0.25) is 0 Å². The fourth-order valence-electron chi connectivity index (χ4n) is 1.72. The summed E-state index contributed by atoms with van der Waals surface area (Å²) in [6.45, 7) is 1.80. The highest BCUT2D eigenvalue weighted by Crippen LogP contribution is 2.40. The quantitative estimate of drug-likeness (QED) is 0.594. The largest absolute Gasteiger partial charge is 0.496 e. The highest BCUT2D eigenvalue weighted by atomic mass is 16.6. The molecule has 0 unspecified atom stereocenters. The zero-order chi connectivity index (χ0) is 13.7. The highest BCUT2D eigenvalue weighted by molar-refractivity contribution is 5.67. The van der Waals surface area contributed by atoms with Gasteiger partial charge in [0.15, 0.2) is 11.5 Å². The minimum absolute atomic E-state index is 0.499. The Morgan fingerprint density at radius 3 is 2.22 bits per heavy atom. The minimum Gasteiger partial charge on any atom is -0.496 e. The predicted molar refractivity (Wildman–Crippen MR) is 66.9 cm³/mol. The van der Waals surface area contributed by atoms with E-state index in [2.05, 4.69) is 0 Å². The molecule has 1 aromatic rings. The number of ether oxygens (including phenoxy) is 3. The lowest BCUT2D eigenvalue weighted by Crippen LogP contribution is -1.98. The first-order valence-corrected chi connectivity index (χ1v) is 5.16. The third-order valence-corrected chi connectivity index (χ3v) is 2.46. The number of nitrogens with zero attached hydrogens (tertiary/aromatic N) is 1. The molecule has 0 heterocycles. The standard InChI is InChI=1S/C12H15NO5/c1-8-11(17-3)9(5-6-13(14)15)7-10(16-2)12(8)18-4/h5-7H,1-4H3/b6-5+. The first kappa shape index (κ1) is 13.8. The van der Waals surface area contributed by atoms with E-state index in [0.717, 1.165) is 11.8 Å². The zero-order valence-corrected chi connectivity index (χ0v) is 10.7. The molecule has 18 heavy (non-hydrogen) atoms. The van der Waals surface area contributed by atoms with E-state index in [-0.39, 0.29) is 0 Å². The summed E-state index contributed by atoms with van der Waals surface area (Å²) in [5.74, 6) is 1.57. The first-order valence-electron chi connectivity index (χ1n) is 5.16. The maximum Gasteiger partial charge on any atom is 0.235 e. The maximum atomic E-state index is 10.4. The predicted octanol–water partition coefficient (Wildman–Crippen LogP) is 2.27. The van der Waals surface area contributed by atoms with Crippen molar-refractivity contribution >= 4 is 6.08 Å². The number of benzene rings is 1. The molecule has 0 spiro atoms. The Bertz CT molecular complexity index is 482. The molecule has 0 N–H and O–H groups in total. The van der Waals surface area contributed by atoms with Crippen LogP contribution in [-0.2, 0) is 0 Å². The van der Waals surface area contributed by atoms with Gasteiger partial charge in [0, 0.05) is 17.2 Å². The molecule has 6 heteroatoms. The molecule has 0 saturated heterocycles. The van der Waals surface area contributed by atoms with E-state index < -0.39 is 4.92 Å². The smallest absolute Gasteiger partial charge is 0.235 e. The van der Waals surface area contributed by atoms with Gasteiger partial charge in [-0.3, -0.25) is 10.1 Å². The molecule has 0 amide bonds. The van der Waals surface area contributed by atoms with Gasteiger partial charge in [-0.05, 0) is 13.0 Å². The van der Waals surface area contributed by atoms with Crippen LogP contribution in [0.4, 0.5) is 0 Å². The van der Waals surface area contributed by atoms with Crippen LogP contribution in [0.15, 0.2) is 12.3 Å². The number of rotatable bonds is 5. The van der Waals surface area contributed by atoms with Crippen molar-refractivity contribution < 1.29 is 19.1 Å². The second-order valence-electron chi connectivity index (χ2n) is 3.46. The molecule has 0 radical (unpaired) electrons. The zero-order valence-electron chi connectivity index (χ0n) is 10.7. The highest BCUT2D eigenvalue weighted by Gasteiger charge is 2.16. The summed E-state index contributed by atoms with van der Waals surface area (Å²) < 4.78 is 15.6. The molecule has 0 fully saturated rings. The van der Waals surface area contributed by atoms with E-state index in [4.69, 9.17) is 14.2 Å². The number of hydrogen-bond donors (Lipinski definition) is 0. The Kier molecular flexibility index (Phi) is 4.53. The van der Waals surface area contributed by atoms with E-state index in [1.807, 2.05) is 0 Å². The normalized spacial score (nSPS) is 10.4. The molecule has 98 valence electrons. The lowest BCUT2D eigenvalue weighted by molar-refractivity contribution is -0.400. The number of hydrogen-bond acceptors (Lipinski definition) is 5. The van der Waals surface area contributed by atoms with Crippen LogP contribution in [0.25, 0.3) is 6.08 Å². The van der Waals surface area contributed by atoms with Gasteiger partial charge in [-0.1, -0.05) is 0 Å². The molecule has 0 saturated carbocycles. The summed E-state index contributed by atoms with van der Waals surface area (Å²) in [7, 11) is 4.53. The van der Waals surface area contributed by atoms with Gasteiger partial charge in [-0.25, -0.2) is 0 Å². The van der Waals surface area contributed by atoms with Gasteiger partial charge in [0.25, 0.3) is 0 Å². The molecule has 0 bridgehead atoms. The Balaban J connectivity index is 3.42. The molecule has 1 aromatic carbocycles. The summed E-state index contributed by atoms with van der Waals surface area (Å²) in [5, 5.41) is 10.4. The van der Waals surface area contributed by atoms with Gasteiger partial charge < -0.3 is 14.2 Å². The van der Waals surface area contributed by atoms with Gasteiger partial charge in [0.05, 0.1) is 26.3 Å². The Morgan fingerprint density at radius 2 is 1.78 bits per heavy atom. The van der Waals surface area contributed by atoms with Crippen LogP contribution in [0.3, 0.4) is 0 Å². The van der Waals surface area contributed by atoms with Crippen molar-refractivity contribution in [3.8, 4) is 17.2 Å². The fourth-order valence-corrected chi connectivity index (χ4v) is 1.72. The van der Waals surface area contributed by atoms with Gasteiger partial charge >= 0.3 is 0 Å². The van der Waals surface area contributed by atoms with Gasteiger partial charge in [-0.2, -0.15) is 0 Å². The van der Waals surface area contributed by atoms with Crippen molar-refractivity contribution in [1.82, 2.24) is 0 Å². The third-order valence-electron chi connectivity index (χ3n) is 2.46. The Morgan fingerprint density at radius 1 is 1.17 bits per heavy atom. The Hall–Kier alpha value is -2.24. The van der Waals surface area contributed by atoms with Crippen LogP contribution in [0, 0.1) is 17.0 Å². The van der Waals surface area contributed by atoms with Crippen molar-refractivity contribution in [2.75, 3.05) is 21.3 Å². The summed E-state index contributed by atoms with van der Waals surface area (Å²) >= 11 is 0. The average molecular weight is 253 g/mol. The third kappa shape index (κ3) is 2.71. The molecular formula is C12H15NO5. The van der Waals surface area contributed by atoms with E-state index >= 15 is 0 Å². The topological polar surface area (TPSA) is 70.8 Å². The summed E-state index contributed by atoms with van der Waals surface area (Å²) in [6.07, 6.45) is 2.21. The molecule has 0 aliphatic carbocycles. The van der Waals surface area contributed by atoms with Crippen LogP contribution >= 0.6 is 0 Å². The van der Waals surface area contributed by atoms with E-state index in [1.54, 1.807) is 13.0 Å². The van der Waals surface area contributed by atoms with Crippen LogP contribution in [0.1, 0.15) is 11.1 Å². The SMILES string of the molecule is COc1cc(/C=C/[N+](=O)[O-])c(OC)c(C)c1OC. The van der Waals surface area contributed by atoms with Crippen LogP contribution in [0.5, 0.6) is 17.2 Å². The number of nitro groups is 1. The fraction of sp³-hybridized carbons (Fsp3) is 0.333. The minimum atomic E-state index is -0.536. The lowest BCUT2D eigenvalue weighted by atomic mass is 10.1. The molecule has 0 aliphatic heterocycles. The van der Waals surface area contributed by atoms with Crippen molar-refractivity contribution in [2.45, 2.75) is 6.92 Å². The average Bonchev–Trinajstić information content (AvgIpc) is 2.35. The van der Waals surface area contributed by atoms with Crippen LogP contribution in [-0.4, -0.2) is 26.3 Å². The molecule has 0 atom stereocenters. The summed E-state index contributed by atoms with van der Waals surface area (Å²) in [6, 6.07) is 1.63. The second kappa shape index (κ2) is 5.90. The van der Waals surface area contributed by atoms with Crippen molar-refractivity contribution in [3.05, 3.63) is 33.5 Å². The molecule has 0 aliphatic rings.